The highest BCUT2D eigenvalue weighted by atomic mass is 79.9. The summed E-state index contributed by atoms with van der Waals surface area (Å²) in [4.78, 5) is 11.3. The summed E-state index contributed by atoms with van der Waals surface area (Å²) in [5, 5.41) is 2.72. The van der Waals surface area contributed by atoms with Crippen LogP contribution in [0.25, 0.3) is 0 Å². The van der Waals surface area contributed by atoms with Gasteiger partial charge in [-0.05, 0) is 28.1 Å². The van der Waals surface area contributed by atoms with E-state index in [0.29, 0.717) is 24.4 Å². The predicted molar refractivity (Wildman–Crippen MR) is 70.2 cm³/mol. The number of hydrogen-bond acceptors (Lipinski definition) is 3. The van der Waals surface area contributed by atoms with Crippen molar-refractivity contribution in [2.45, 2.75) is 6.42 Å². The van der Waals surface area contributed by atoms with Crippen molar-refractivity contribution in [3.05, 3.63) is 22.7 Å². The number of halogens is 2. The molecule has 0 aliphatic rings. The molecular formula is C10H14BrClN2O2. The first-order valence-electron chi connectivity index (χ1n) is 4.51. The van der Waals surface area contributed by atoms with E-state index in [1.54, 1.807) is 19.2 Å². The Morgan fingerprint density at radius 2 is 2.25 bits per heavy atom. The molecule has 3 N–H and O–H groups in total. The molecule has 0 aliphatic carbocycles. The summed E-state index contributed by atoms with van der Waals surface area (Å²) >= 11 is 3.33. The summed E-state index contributed by atoms with van der Waals surface area (Å²) in [6.07, 6.45) is 0.318. The Hall–Kier alpha value is -0.780. The topological polar surface area (TPSA) is 64.3 Å². The Morgan fingerprint density at radius 1 is 1.56 bits per heavy atom. The molecule has 0 fully saturated rings. The molecule has 0 atom stereocenters. The zero-order valence-electron chi connectivity index (χ0n) is 8.83. The van der Waals surface area contributed by atoms with Crippen molar-refractivity contribution >= 4 is 39.9 Å². The number of carbonyl (C=O) groups is 1. The molecule has 0 bridgehead atoms. The van der Waals surface area contributed by atoms with Crippen molar-refractivity contribution in [2.75, 3.05) is 19.0 Å². The highest BCUT2D eigenvalue weighted by molar-refractivity contribution is 9.10. The molecule has 0 aliphatic heterocycles. The van der Waals surface area contributed by atoms with E-state index in [2.05, 4.69) is 21.2 Å². The number of rotatable bonds is 4. The van der Waals surface area contributed by atoms with Gasteiger partial charge < -0.3 is 15.8 Å². The van der Waals surface area contributed by atoms with Gasteiger partial charge in [-0.1, -0.05) is 0 Å². The molecule has 0 spiro atoms. The van der Waals surface area contributed by atoms with E-state index in [-0.39, 0.29) is 18.3 Å². The summed E-state index contributed by atoms with van der Waals surface area (Å²) in [5.41, 5.74) is 5.97. The molecule has 0 heterocycles. The van der Waals surface area contributed by atoms with Crippen LogP contribution in [0.15, 0.2) is 22.7 Å². The molecule has 1 amide bonds. The van der Waals surface area contributed by atoms with E-state index in [1.807, 2.05) is 6.07 Å². The molecule has 0 saturated heterocycles. The molecule has 1 rings (SSSR count). The van der Waals surface area contributed by atoms with Crippen LogP contribution in [0.2, 0.25) is 0 Å². The SMILES string of the molecule is COc1cc(NC(=O)CCN)ccc1Br.Cl. The highest BCUT2D eigenvalue weighted by Crippen LogP contribution is 2.27. The van der Waals surface area contributed by atoms with Crippen LogP contribution < -0.4 is 15.8 Å². The van der Waals surface area contributed by atoms with Crippen molar-refractivity contribution in [3.63, 3.8) is 0 Å². The zero-order valence-corrected chi connectivity index (χ0v) is 11.2. The minimum Gasteiger partial charge on any atom is -0.495 e. The van der Waals surface area contributed by atoms with Crippen molar-refractivity contribution < 1.29 is 9.53 Å². The molecule has 0 radical (unpaired) electrons. The lowest BCUT2D eigenvalue weighted by atomic mass is 10.3. The highest BCUT2D eigenvalue weighted by Gasteiger charge is 2.04. The Labute approximate surface area is 109 Å². The van der Waals surface area contributed by atoms with Crippen molar-refractivity contribution in [1.29, 1.82) is 0 Å². The number of ether oxygens (including phenoxy) is 1. The van der Waals surface area contributed by atoms with E-state index >= 15 is 0 Å². The number of nitrogens with two attached hydrogens (primary N) is 1. The van der Waals surface area contributed by atoms with Crippen LogP contribution in [-0.2, 0) is 4.79 Å². The molecule has 0 saturated carbocycles. The molecule has 16 heavy (non-hydrogen) atoms. The number of benzene rings is 1. The number of hydrogen-bond donors (Lipinski definition) is 2. The maximum absolute atomic E-state index is 11.3. The molecule has 4 nitrogen and oxygen atoms in total. The number of amides is 1. The summed E-state index contributed by atoms with van der Waals surface area (Å²) in [7, 11) is 1.57. The number of carbonyl (C=O) groups excluding carboxylic acids is 1. The molecule has 1 aromatic carbocycles. The van der Waals surface area contributed by atoms with E-state index in [4.69, 9.17) is 10.5 Å². The van der Waals surface area contributed by atoms with Crippen LogP contribution in [0.3, 0.4) is 0 Å². The Bertz CT molecular complexity index is 361. The minimum absolute atomic E-state index is 0. The lowest BCUT2D eigenvalue weighted by Gasteiger charge is -2.07. The zero-order chi connectivity index (χ0) is 11.3. The van der Waals surface area contributed by atoms with E-state index in [1.165, 1.54) is 0 Å². The third kappa shape index (κ3) is 4.38. The van der Waals surface area contributed by atoms with Gasteiger partial charge in [0.25, 0.3) is 0 Å². The van der Waals surface area contributed by atoms with Crippen molar-refractivity contribution in [3.8, 4) is 5.75 Å². The van der Waals surface area contributed by atoms with Crippen LogP contribution in [0, 0.1) is 0 Å². The molecule has 1 aromatic rings. The monoisotopic (exact) mass is 308 g/mol. The maximum Gasteiger partial charge on any atom is 0.225 e. The summed E-state index contributed by atoms with van der Waals surface area (Å²) in [6.45, 7) is 0.347. The molecular weight excluding hydrogens is 295 g/mol. The minimum atomic E-state index is -0.0955. The summed E-state index contributed by atoms with van der Waals surface area (Å²) < 4.78 is 5.95. The molecule has 0 aromatic heterocycles. The van der Waals surface area contributed by atoms with E-state index < -0.39 is 0 Å². The second-order valence-electron chi connectivity index (χ2n) is 2.94. The quantitative estimate of drug-likeness (QED) is 0.896. The summed E-state index contributed by atoms with van der Waals surface area (Å²) in [6, 6.07) is 5.36. The number of methoxy groups -OCH3 is 1. The van der Waals surface area contributed by atoms with Crippen LogP contribution in [0.1, 0.15) is 6.42 Å². The van der Waals surface area contributed by atoms with Gasteiger partial charge in [0.15, 0.2) is 0 Å². The van der Waals surface area contributed by atoms with Crippen LogP contribution in [0.4, 0.5) is 5.69 Å². The maximum atomic E-state index is 11.3. The first-order valence-corrected chi connectivity index (χ1v) is 5.30. The first-order chi connectivity index (χ1) is 7.17. The van der Waals surface area contributed by atoms with Gasteiger partial charge in [0.1, 0.15) is 5.75 Å². The molecule has 90 valence electrons. The van der Waals surface area contributed by atoms with Gasteiger partial charge in [-0.15, -0.1) is 12.4 Å². The second kappa shape index (κ2) is 7.49. The Balaban J connectivity index is 0.00000225. The van der Waals surface area contributed by atoms with E-state index in [0.717, 1.165) is 4.47 Å². The van der Waals surface area contributed by atoms with E-state index in [9.17, 15) is 4.79 Å². The van der Waals surface area contributed by atoms with Crippen molar-refractivity contribution in [2.24, 2.45) is 5.73 Å². The van der Waals surface area contributed by atoms with Gasteiger partial charge in [-0.2, -0.15) is 0 Å². The van der Waals surface area contributed by atoms with Crippen LogP contribution >= 0.6 is 28.3 Å². The third-order valence-corrected chi connectivity index (χ3v) is 2.46. The Morgan fingerprint density at radius 3 is 2.81 bits per heavy atom. The standard InChI is InChI=1S/C10H13BrN2O2.ClH/c1-15-9-6-7(2-3-8(9)11)13-10(14)4-5-12;/h2-3,6H,4-5,12H2,1H3,(H,13,14);1H. The fourth-order valence-electron chi connectivity index (χ4n) is 1.09. The largest absolute Gasteiger partial charge is 0.495 e. The van der Waals surface area contributed by atoms with Crippen molar-refractivity contribution in [1.82, 2.24) is 0 Å². The van der Waals surface area contributed by atoms with Gasteiger partial charge in [-0.25, -0.2) is 0 Å². The molecule has 6 heteroatoms. The molecule has 0 unspecified atom stereocenters. The van der Waals surface area contributed by atoms with Gasteiger partial charge >= 0.3 is 0 Å². The van der Waals surface area contributed by atoms with Gasteiger partial charge in [-0.3, -0.25) is 4.79 Å². The van der Waals surface area contributed by atoms with Gasteiger partial charge in [0.05, 0.1) is 11.6 Å². The summed E-state index contributed by atoms with van der Waals surface area (Å²) in [5.74, 6) is 0.586. The van der Waals surface area contributed by atoms with Crippen LogP contribution in [0.5, 0.6) is 5.75 Å². The third-order valence-electron chi connectivity index (χ3n) is 1.81. The fraction of sp³-hybridized carbons (Fsp3) is 0.300. The first kappa shape index (κ1) is 15.2. The fourth-order valence-corrected chi connectivity index (χ4v) is 1.50. The average Bonchev–Trinajstić information content (AvgIpc) is 2.21. The van der Waals surface area contributed by atoms with Gasteiger partial charge in [0.2, 0.25) is 5.91 Å². The number of anilines is 1. The lowest BCUT2D eigenvalue weighted by molar-refractivity contribution is -0.116. The smallest absolute Gasteiger partial charge is 0.225 e. The number of nitrogens with one attached hydrogen (secondary N) is 1. The Kier molecular flexibility index (Phi) is 7.12. The predicted octanol–water partition coefficient (Wildman–Crippen LogP) is 2.17. The average molecular weight is 310 g/mol. The van der Waals surface area contributed by atoms with Crippen LogP contribution in [-0.4, -0.2) is 19.6 Å². The normalized spacial score (nSPS) is 9.19. The lowest BCUT2D eigenvalue weighted by Crippen LogP contribution is -2.16. The second-order valence-corrected chi connectivity index (χ2v) is 3.79. The van der Waals surface area contributed by atoms with Gasteiger partial charge in [0, 0.05) is 24.7 Å².